The molecular weight excluding hydrogens is 288 g/mol. The van der Waals surface area contributed by atoms with E-state index in [0.717, 1.165) is 37.5 Å². The lowest BCUT2D eigenvalue weighted by Gasteiger charge is -2.24. The van der Waals surface area contributed by atoms with Crippen LogP contribution in [0.15, 0.2) is 17.4 Å². The molecule has 2 aliphatic rings. The molecule has 1 unspecified atom stereocenters. The Labute approximate surface area is 139 Å². The summed E-state index contributed by atoms with van der Waals surface area (Å²) in [5.74, 6) is 1.97. The second-order valence-electron chi connectivity index (χ2n) is 6.73. The van der Waals surface area contributed by atoms with E-state index >= 15 is 0 Å². The highest BCUT2D eigenvalue weighted by molar-refractivity contribution is 5.79. The molecule has 6 heteroatoms. The third-order valence-corrected chi connectivity index (χ3v) is 5.19. The maximum atomic E-state index is 4.37. The summed E-state index contributed by atoms with van der Waals surface area (Å²) in [6.45, 7) is 6.18. The highest BCUT2D eigenvalue weighted by atomic mass is 15.3. The van der Waals surface area contributed by atoms with Crippen LogP contribution in [0.2, 0.25) is 0 Å². The molecule has 1 atom stereocenters. The first-order chi connectivity index (χ1) is 11.3. The van der Waals surface area contributed by atoms with E-state index < -0.39 is 0 Å². The molecule has 6 nitrogen and oxygen atoms in total. The summed E-state index contributed by atoms with van der Waals surface area (Å²) in [6, 6.07) is 1.36. The zero-order valence-electron chi connectivity index (χ0n) is 14.5. The van der Waals surface area contributed by atoms with Gasteiger partial charge in [-0.3, -0.25) is 9.89 Å². The molecule has 2 fully saturated rings. The van der Waals surface area contributed by atoms with Crippen LogP contribution in [0.5, 0.6) is 0 Å². The van der Waals surface area contributed by atoms with Gasteiger partial charge in [-0.25, -0.2) is 4.98 Å². The van der Waals surface area contributed by atoms with Gasteiger partial charge >= 0.3 is 0 Å². The summed E-state index contributed by atoms with van der Waals surface area (Å²) in [5.41, 5.74) is 0. The van der Waals surface area contributed by atoms with Gasteiger partial charge in [0.1, 0.15) is 5.82 Å². The number of aryl methyl sites for hydroxylation is 1. The first-order valence-corrected chi connectivity index (χ1v) is 8.95. The van der Waals surface area contributed by atoms with Crippen molar-refractivity contribution in [3.63, 3.8) is 0 Å². The lowest BCUT2D eigenvalue weighted by Crippen LogP contribution is -2.46. The van der Waals surface area contributed by atoms with Crippen molar-refractivity contribution in [2.75, 3.05) is 26.7 Å². The van der Waals surface area contributed by atoms with E-state index in [1.165, 1.54) is 38.6 Å². The Bertz CT molecular complexity index is 517. The van der Waals surface area contributed by atoms with Gasteiger partial charge in [0, 0.05) is 57.7 Å². The number of aliphatic imine (C=N–C) groups is 1. The second kappa shape index (κ2) is 7.81. The van der Waals surface area contributed by atoms with Crippen molar-refractivity contribution >= 4 is 5.96 Å². The molecule has 0 aromatic carbocycles. The molecule has 1 aliphatic heterocycles. The molecule has 1 aliphatic carbocycles. The monoisotopic (exact) mass is 318 g/mol. The number of likely N-dealkylation sites (tertiary alicyclic amines) is 1. The average Bonchev–Trinajstić information content (AvgIpc) is 3.28. The van der Waals surface area contributed by atoms with Gasteiger partial charge in [-0.1, -0.05) is 12.8 Å². The fraction of sp³-hybridized carbons (Fsp3) is 0.765. The van der Waals surface area contributed by atoms with Crippen LogP contribution >= 0.6 is 0 Å². The van der Waals surface area contributed by atoms with Gasteiger partial charge in [-0.05, 0) is 26.2 Å². The Morgan fingerprint density at radius 3 is 2.87 bits per heavy atom. The topological polar surface area (TPSA) is 57.5 Å². The first kappa shape index (κ1) is 16.3. The maximum absolute atomic E-state index is 4.37. The van der Waals surface area contributed by atoms with Crippen LogP contribution in [0.4, 0.5) is 0 Å². The fourth-order valence-electron chi connectivity index (χ4n) is 3.83. The lowest BCUT2D eigenvalue weighted by atomic mass is 10.2. The molecule has 2 N–H and O–H groups in total. The zero-order chi connectivity index (χ0) is 16.1. The number of hydrogen-bond donors (Lipinski definition) is 2. The van der Waals surface area contributed by atoms with E-state index in [4.69, 9.17) is 0 Å². The van der Waals surface area contributed by atoms with Gasteiger partial charge < -0.3 is 15.2 Å². The van der Waals surface area contributed by atoms with Gasteiger partial charge in [0.05, 0.1) is 0 Å². The Balaban J connectivity index is 1.40. The van der Waals surface area contributed by atoms with E-state index in [9.17, 15) is 0 Å². The quantitative estimate of drug-likeness (QED) is 0.636. The number of nitrogens with one attached hydrogen (secondary N) is 2. The Morgan fingerprint density at radius 2 is 2.17 bits per heavy atom. The second-order valence-corrected chi connectivity index (χ2v) is 6.73. The van der Waals surface area contributed by atoms with Crippen LogP contribution in [-0.4, -0.2) is 59.2 Å². The number of aromatic nitrogens is 2. The van der Waals surface area contributed by atoms with E-state index in [1.807, 2.05) is 26.4 Å². The summed E-state index contributed by atoms with van der Waals surface area (Å²) < 4.78 is 2.15. The Hall–Kier alpha value is -1.56. The third-order valence-electron chi connectivity index (χ3n) is 5.19. The van der Waals surface area contributed by atoms with Gasteiger partial charge in [0.2, 0.25) is 0 Å². The number of imidazole rings is 1. The smallest absolute Gasteiger partial charge is 0.191 e. The Morgan fingerprint density at radius 1 is 1.35 bits per heavy atom. The minimum atomic E-state index is 0.525. The molecule has 1 aromatic heterocycles. The number of hydrogen-bond acceptors (Lipinski definition) is 3. The average molecular weight is 318 g/mol. The molecule has 1 saturated heterocycles. The zero-order valence-corrected chi connectivity index (χ0v) is 14.5. The minimum Gasteiger partial charge on any atom is -0.355 e. The normalized spacial score (nSPS) is 23.6. The number of nitrogens with zero attached hydrogens (tertiary/aromatic N) is 4. The molecule has 0 radical (unpaired) electrons. The van der Waals surface area contributed by atoms with Crippen molar-refractivity contribution in [3.8, 4) is 0 Å². The predicted octanol–water partition coefficient (Wildman–Crippen LogP) is 1.37. The van der Waals surface area contributed by atoms with Crippen LogP contribution < -0.4 is 10.6 Å². The van der Waals surface area contributed by atoms with Gasteiger partial charge in [0.25, 0.3) is 0 Å². The van der Waals surface area contributed by atoms with E-state index in [1.54, 1.807) is 0 Å². The van der Waals surface area contributed by atoms with Crippen molar-refractivity contribution in [2.24, 2.45) is 4.99 Å². The van der Waals surface area contributed by atoms with Crippen LogP contribution in [0, 0.1) is 6.92 Å². The molecule has 3 rings (SSSR count). The third kappa shape index (κ3) is 4.25. The SMILES string of the molecule is CN=C(NCCn1ccnc1C)NC1CCN(C2CCCC2)C1. The summed E-state index contributed by atoms with van der Waals surface area (Å²) in [6.07, 6.45) is 10.7. The standard InChI is InChI=1S/C17H30N6/c1-14-19-8-11-22(14)12-9-20-17(18-2)21-15-7-10-23(13-15)16-5-3-4-6-16/h8,11,15-16H,3-7,9-10,12-13H2,1-2H3,(H2,18,20,21). The summed E-state index contributed by atoms with van der Waals surface area (Å²) in [5, 5.41) is 7.00. The highest BCUT2D eigenvalue weighted by Crippen LogP contribution is 2.26. The molecule has 128 valence electrons. The lowest BCUT2D eigenvalue weighted by molar-refractivity contribution is 0.242. The van der Waals surface area contributed by atoms with Crippen LogP contribution in [0.25, 0.3) is 0 Å². The van der Waals surface area contributed by atoms with Crippen LogP contribution in [-0.2, 0) is 6.54 Å². The van der Waals surface area contributed by atoms with E-state index in [0.29, 0.717) is 6.04 Å². The molecule has 0 amide bonds. The summed E-state index contributed by atoms with van der Waals surface area (Å²) >= 11 is 0. The minimum absolute atomic E-state index is 0.525. The first-order valence-electron chi connectivity index (χ1n) is 8.95. The highest BCUT2D eigenvalue weighted by Gasteiger charge is 2.30. The predicted molar refractivity (Wildman–Crippen MR) is 93.7 cm³/mol. The van der Waals surface area contributed by atoms with Gasteiger partial charge in [0.15, 0.2) is 5.96 Å². The molecule has 23 heavy (non-hydrogen) atoms. The van der Waals surface area contributed by atoms with E-state index in [-0.39, 0.29) is 0 Å². The molecule has 0 spiro atoms. The molecule has 1 saturated carbocycles. The number of rotatable bonds is 5. The van der Waals surface area contributed by atoms with Gasteiger partial charge in [-0.15, -0.1) is 0 Å². The molecule has 2 heterocycles. The molecule has 0 bridgehead atoms. The van der Waals surface area contributed by atoms with Crippen molar-refractivity contribution in [3.05, 3.63) is 18.2 Å². The van der Waals surface area contributed by atoms with Crippen LogP contribution in [0.1, 0.15) is 37.9 Å². The van der Waals surface area contributed by atoms with Crippen molar-refractivity contribution in [1.82, 2.24) is 25.1 Å². The van der Waals surface area contributed by atoms with Gasteiger partial charge in [-0.2, -0.15) is 0 Å². The fourth-order valence-corrected chi connectivity index (χ4v) is 3.83. The van der Waals surface area contributed by atoms with Crippen molar-refractivity contribution in [1.29, 1.82) is 0 Å². The summed E-state index contributed by atoms with van der Waals surface area (Å²) in [4.78, 5) is 11.3. The Kier molecular flexibility index (Phi) is 5.54. The largest absolute Gasteiger partial charge is 0.355 e. The van der Waals surface area contributed by atoms with E-state index in [2.05, 4.69) is 30.1 Å². The molecule has 1 aromatic rings. The van der Waals surface area contributed by atoms with Crippen molar-refractivity contribution < 1.29 is 0 Å². The number of guanidine groups is 1. The maximum Gasteiger partial charge on any atom is 0.191 e. The molecular formula is C17H30N6. The van der Waals surface area contributed by atoms with Crippen LogP contribution in [0.3, 0.4) is 0 Å². The van der Waals surface area contributed by atoms with Crippen molar-refractivity contribution in [2.45, 2.75) is 57.7 Å². The summed E-state index contributed by atoms with van der Waals surface area (Å²) in [7, 11) is 1.85.